The fourth-order valence-corrected chi connectivity index (χ4v) is 3.00. The number of anilines is 2. The van der Waals surface area contributed by atoms with E-state index in [1.165, 1.54) is 6.20 Å². The fraction of sp³-hybridized carbons (Fsp3) is 0.333. The number of benzene rings is 1. The Morgan fingerprint density at radius 3 is 2.54 bits per heavy atom. The van der Waals surface area contributed by atoms with E-state index in [4.69, 9.17) is 10.5 Å². The number of thioether (sulfide) groups is 1. The van der Waals surface area contributed by atoms with E-state index in [2.05, 4.69) is 15.3 Å². The first-order valence-corrected chi connectivity index (χ1v) is 9.04. The first-order valence-electron chi connectivity index (χ1n) is 8.16. The number of nitrogens with two attached hydrogens (primary N) is 1. The molecule has 0 spiro atoms. The lowest BCUT2D eigenvalue weighted by molar-refractivity contribution is -0.115. The minimum absolute atomic E-state index is 0.0308. The molecule has 7 nitrogen and oxygen atoms in total. The highest BCUT2D eigenvalue weighted by Gasteiger charge is 2.19. The summed E-state index contributed by atoms with van der Waals surface area (Å²) in [6.45, 7) is 7.59. The van der Waals surface area contributed by atoms with Crippen LogP contribution in [0, 0.1) is 13.8 Å². The van der Waals surface area contributed by atoms with Crippen molar-refractivity contribution in [2.24, 2.45) is 0 Å². The first-order chi connectivity index (χ1) is 12.3. The van der Waals surface area contributed by atoms with Gasteiger partial charge in [0.05, 0.1) is 11.9 Å². The van der Waals surface area contributed by atoms with Crippen LogP contribution in [0.25, 0.3) is 0 Å². The molecule has 0 unspecified atom stereocenters. The van der Waals surface area contributed by atoms with Crippen LogP contribution in [0.2, 0.25) is 0 Å². The summed E-state index contributed by atoms with van der Waals surface area (Å²) >= 11 is 1.16. The normalized spacial score (nSPS) is 11.7. The van der Waals surface area contributed by atoms with Crippen molar-refractivity contribution in [3.63, 3.8) is 0 Å². The maximum absolute atomic E-state index is 12.5. The van der Waals surface area contributed by atoms with Gasteiger partial charge in [-0.3, -0.25) is 4.79 Å². The van der Waals surface area contributed by atoms with Crippen LogP contribution in [0.3, 0.4) is 0 Å². The van der Waals surface area contributed by atoms with E-state index in [9.17, 15) is 9.59 Å². The zero-order valence-corrected chi connectivity index (χ0v) is 16.0. The highest BCUT2D eigenvalue weighted by atomic mass is 32.2. The summed E-state index contributed by atoms with van der Waals surface area (Å²) in [5.41, 5.74) is 8.72. The lowest BCUT2D eigenvalue weighted by atomic mass is 10.1. The van der Waals surface area contributed by atoms with Crippen LogP contribution in [-0.4, -0.2) is 33.7 Å². The lowest BCUT2D eigenvalue weighted by Gasteiger charge is -2.15. The second-order valence-electron chi connectivity index (χ2n) is 5.69. The number of aryl methyl sites for hydroxylation is 2. The Morgan fingerprint density at radius 1 is 1.31 bits per heavy atom. The predicted molar refractivity (Wildman–Crippen MR) is 102 cm³/mol. The number of aromatic nitrogens is 2. The Kier molecular flexibility index (Phi) is 6.57. The molecule has 1 aromatic heterocycles. The molecule has 0 bridgehead atoms. The Hall–Kier alpha value is -2.61. The summed E-state index contributed by atoms with van der Waals surface area (Å²) in [7, 11) is 0. The molecule has 8 heteroatoms. The molecule has 2 aromatic rings. The van der Waals surface area contributed by atoms with Crippen molar-refractivity contribution >= 4 is 35.1 Å². The number of nitrogens with one attached hydrogen (secondary N) is 1. The van der Waals surface area contributed by atoms with Crippen LogP contribution in [0.4, 0.5) is 11.5 Å². The van der Waals surface area contributed by atoms with Crippen LogP contribution in [0.5, 0.6) is 0 Å². The van der Waals surface area contributed by atoms with Gasteiger partial charge in [0.15, 0.2) is 5.16 Å². The molecule has 0 saturated heterocycles. The van der Waals surface area contributed by atoms with E-state index >= 15 is 0 Å². The van der Waals surface area contributed by atoms with Crippen molar-refractivity contribution in [1.29, 1.82) is 0 Å². The number of carbonyl (C=O) groups excluding carboxylic acids is 2. The highest BCUT2D eigenvalue weighted by Crippen LogP contribution is 2.25. The Bertz CT molecular complexity index is 806. The number of nitrogen functional groups attached to an aromatic ring is 1. The minimum atomic E-state index is -0.567. The zero-order valence-electron chi connectivity index (χ0n) is 15.2. The predicted octanol–water partition coefficient (Wildman–Crippen LogP) is 2.97. The lowest BCUT2D eigenvalue weighted by Crippen LogP contribution is -2.23. The second-order valence-corrected chi connectivity index (χ2v) is 7.00. The van der Waals surface area contributed by atoms with Crippen LogP contribution < -0.4 is 11.1 Å². The van der Waals surface area contributed by atoms with Gasteiger partial charge in [-0.1, -0.05) is 30.0 Å². The third-order valence-electron chi connectivity index (χ3n) is 3.67. The van der Waals surface area contributed by atoms with Gasteiger partial charge < -0.3 is 15.8 Å². The van der Waals surface area contributed by atoms with E-state index in [0.29, 0.717) is 5.16 Å². The van der Waals surface area contributed by atoms with Crippen molar-refractivity contribution < 1.29 is 14.3 Å². The average Bonchev–Trinajstić information content (AvgIpc) is 2.58. The SMILES string of the molecule is CCOC(=O)c1cnc(S[C@H](C)C(=O)Nc2c(C)cccc2C)nc1N. The third-order valence-corrected chi connectivity index (χ3v) is 4.65. The van der Waals surface area contributed by atoms with Crippen molar-refractivity contribution in [3.8, 4) is 0 Å². The highest BCUT2D eigenvalue weighted by molar-refractivity contribution is 8.00. The summed E-state index contributed by atoms with van der Waals surface area (Å²) in [6, 6.07) is 5.83. The molecule has 2 rings (SSSR count). The summed E-state index contributed by atoms with van der Waals surface area (Å²) in [5.74, 6) is -0.699. The molecule has 0 radical (unpaired) electrons. The van der Waals surface area contributed by atoms with Crippen LogP contribution in [-0.2, 0) is 9.53 Å². The minimum Gasteiger partial charge on any atom is -0.462 e. The number of ether oxygens (including phenoxy) is 1. The summed E-state index contributed by atoms with van der Waals surface area (Å²) < 4.78 is 4.89. The van der Waals surface area contributed by atoms with Crippen LogP contribution >= 0.6 is 11.8 Å². The molecule has 0 aliphatic rings. The van der Waals surface area contributed by atoms with E-state index in [1.54, 1.807) is 13.8 Å². The maximum atomic E-state index is 12.5. The van der Waals surface area contributed by atoms with Gasteiger partial charge in [0, 0.05) is 11.9 Å². The second kappa shape index (κ2) is 8.66. The number of esters is 1. The zero-order chi connectivity index (χ0) is 19.3. The van der Waals surface area contributed by atoms with Crippen LogP contribution in [0.1, 0.15) is 35.3 Å². The largest absolute Gasteiger partial charge is 0.462 e. The summed E-state index contributed by atoms with van der Waals surface area (Å²) in [4.78, 5) is 32.4. The smallest absolute Gasteiger partial charge is 0.343 e. The number of carbonyl (C=O) groups is 2. The number of hydrogen-bond donors (Lipinski definition) is 2. The summed E-state index contributed by atoms with van der Waals surface area (Å²) in [5, 5.41) is 2.82. The Balaban J connectivity index is 2.07. The molecule has 1 amide bonds. The standard InChI is InChI=1S/C18H22N4O3S/c1-5-25-17(24)13-9-20-18(22-15(13)19)26-12(4)16(23)21-14-10(2)7-6-8-11(14)3/h6-9,12H,5H2,1-4H3,(H,21,23)(H2,19,20,22)/t12-/m1/s1. The molecule has 3 N–H and O–H groups in total. The van der Waals surface area contributed by atoms with Gasteiger partial charge in [0.1, 0.15) is 11.4 Å². The van der Waals surface area contributed by atoms with Gasteiger partial charge in [0.25, 0.3) is 0 Å². The molecular weight excluding hydrogens is 352 g/mol. The van der Waals surface area contributed by atoms with Gasteiger partial charge >= 0.3 is 5.97 Å². The van der Waals surface area contributed by atoms with E-state index in [1.807, 2.05) is 32.0 Å². The van der Waals surface area contributed by atoms with Gasteiger partial charge in [-0.25, -0.2) is 14.8 Å². The average molecular weight is 374 g/mol. The van der Waals surface area contributed by atoms with Gasteiger partial charge in [0.2, 0.25) is 5.91 Å². The third kappa shape index (κ3) is 4.72. The van der Waals surface area contributed by atoms with Gasteiger partial charge in [-0.05, 0) is 38.8 Å². The van der Waals surface area contributed by atoms with Crippen molar-refractivity contribution in [2.75, 3.05) is 17.7 Å². The molecule has 26 heavy (non-hydrogen) atoms. The molecule has 138 valence electrons. The summed E-state index contributed by atoms with van der Waals surface area (Å²) in [6.07, 6.45) is 1.32. The number of rotatable bonds is 6. The molecule has 0 fully saturated rings. The maximum Gasteiger partial charge on any atom is 0.343 e. The molecule has 1 aromatic carbocycles. The number of hydrogen-bond acceptors (Lipinski definition) is 7. The molecule has 1 heterocycles. The molecule has 0 aliphatic carbocycles. The molecule has 0 saturated carbocycles. The monoisotopic (exact) mass is 374 g/mol. The molecular formula is C18H22N4O3S. The number of amides is 1. The molecule has 1 atom stereocenters. The topological polar surface area (TPSA) is 107 Å². The van der Waals surface area contributed by atoms with E-state index < -0.39 is 11.2 Å². The molecule has 0 aliphatic heterocycles. The van der Waals surface area contributed by atoms with Gasteiger partial charge in [-0.15, -0.1) is 0 Å². The van der Waals surface area contributed by atoms with Crippen molar-refractivity contribution in [3.05, 3.63) is 41.1 Å². The number of para-hydroxylation sites is 1. The van der Waals surface area contributed by atoms with Gasteiger partial charge in [-0.2, -0.15) is 0 Å². The Labute approximate surface area is 156 Å². The fourth-order valence-electron chi connectivity index (χ4n) is 2.25. The van der Waals surface area contributed by atoms with E-state index in [-0.39, 0.29) is 23.9 Å². The van der Waals surface area contributed by atoms with Crippen LogP contribution in [0.15, 0.2) is 29.6 Å². The van der Waals surface area contributed by atoms with E-state index in [0.717, 1.165) is 28.6 Å². The first kappa shape index (κ1) is 19.7. The number of nitrogens with zero attached hydrogens (tertiary/aromatic N) is 2. The van der Waals surface area contributed by atoms with Crippen molar-refractivity contribution in [2.45, 2.75) is 38.1 Å². The quantitative estimate of drug-likeness (QED) is 0.455. The van der Waals surface area contributed by atoms with Crippen molar-refractivity contribution in [1.82, 2.24) is 9.97 Å². The Morgan fingerprint density at radius 2 is 1.96 bits per heavy atom.